The Hall–Kier alpha value is -0.900. The molecule has 0 unspecified atom stereocenters. The molecule has 0 radical (unpaired) electrons. The molecule has 0 aromatic carbocycles. The van der Waals surface area contributed by atoms with Gasteiger partial charge in [-0.15, -0.1) is 0 Å². The fraction of sp³-hybridized carbons (Fsp3) is 0.750. The highest BCUT2D eigenvalue weighted by atomic mass is 16.5. The lowest BCUT2D eigenvalue weighted by Crippen LogP contribution is -2.11. The lowest BCUT2D eigenvalue weighted by molar-refractivity contribution is -0.145. The van der Waals surface area contributed by atoms with Gasteiger partial charge in [0.25, 0.3) is 0 Å². The second-order valence-corrected chi connectivity index (χ2v) is 2.35. The lowest BCUT2D eigenvalue weighted by Gasteiger charge is -1.99. The van der Waals surface area contributed by atoms with E-state index in [9.17, 15) is 9.59 Å². The number of carbonyl (C=O) groups excluding carboxylic acids is 2. The minimum atomic E-state index is -0.486. The topological polar surface area (TPSA) is 63.6 Å². The fourth-order valence-corrected chi connectivity index (χ4v) is 0.738. The van der Waals surface area contributed by atoms with E-state index in [0.717, 1.165) is 0 Å². The third-order valence-corrected chi connectivity index (χ3v) is 1.26. The van der Waals surface area contributed by atoms with Crippen molar-refractivity contribution in [3.8, 4) is 0 Å². The molecule has 0 rings (SSSR count). The Kier molecular flexibility index (Phi) is 6.28. The molecule has 70 valence electrons. The van der Waals surface area contributed by atoms with Crippen molar-refractivity contribution in [2.45, 2.75) is 26.2 Å². The highest BCUT2D eigenvalue weighted by Crippen LogP contribution is 1.96. The maximum absolute atomic E-state index is 10.9. The van der Waals surface area contributed by atoms with E-state index in [2.05, 4.69) is 4.74 Å². The van der Waals surface area contributed by atoms with Gasteiger partial charge < -0.3 is 9.84 Å². The zero-order valence-electron chi connectivity index (χ0n) is 7.21. The summed E-state index contributed by atoms with van der Waals surface area (Å²) < 4.78 is 4.57. The number of ether oxygens (including phenoxy) is 1. The number of aliphatic hydroxyl groups is 1. The van der Waals surface area contributed by atoms with Crippen LogP contribution >= 0.6 is 0 Å². The van der Waals surface area contributed by atoms with Crippen LogP contribution in [0.4, 0.5) is 0 Å². The Balaban J connectivity index is 3.47. The number of hydrogen-bond donors (Lipinski definition) is 1. The zero-order chi connectivity index (χ0) is 9.40. The third kappa shape index (κ3) is 5.85. The fourth-order valence-electron chi connectivity index (χ4n) is 0.738. The maximum atomic E-state index is 10.9. The van der Waals surface area contributed by atoms with Gasteiger partial charge in [0.15, 0.2) is 0 Å². The van der Waals surface area contributed by atoms with Crippen LogP contribution in [0.1, 0.15) is 26.2 Å². The molecule has 0 aliphatic carbocycles. The van der Waals surface area contributed by atoms with Crippen LogP contribution < -0.4 is 0 Å². The monoisotopic (exact) mass is 174 g/mol. The molecule has 0 aromatic heterocycles. The van der Waals surface area contributed by atoms with Crippen LogP contribution in [0.2, 0.25) is 0 Å². The Bertz CT molecular complexity index is 153. The van der Waals surface area contributed by atoms with Crippen LogP contribution in [-0.4, -0.2) is 30.1 Å². The van der Waals surface area contributed by atoms with Gasteiger partial charge in [0.05, 0.1) is 6.61 Å². The summed E-state index contributed by atoms with van der Waals surface area (Å²) >= 11 is 0. The molecule has 0 heterocycles. The van der Waals surface area contributed by atoms with Gasteiger partial charge in [0.1, 0.15) is 12.2 Å². The van der Waals surface area contributed by atoms with Crippen molar-refractivity contribution in [1.82, 2.24) is 0 Å². The summed E-state index contributed by atoms with van der Waals surface area (Å²) in [5.74, 6) is -0.664. The molecule has 0 aliphatic rings. The van der Waals surface area contributed by atoms with Gasteiger partial charge in [-0.05, 0) is 13.3 Å². The largest absolute Gasteiger partial charge is 0.466 e. The molecule has 4 nitrogen and oxygen atoms in total. The van der Waals surface area contributed by atoms with E-state index in [1.54, 1.807) is 6.92 Å². The SMILES string of the molecule is CCOC(=O)CC(=O)CCCO. The van der Waals surface area contributed by atoms with Crippen LogP contribution in [0.3, 0.4) is 0 Å². The van der Waals surface area contributed by atoms with Crippen LogP contribution in [-0.2, 0) is 14.3 Å². The predicted molar refractivity (Wildman–Crippen MR) is 42.6 cm³/mol. The highest BCUT2D eigenvalue weighted by molar-refractivity contribution is 5.95. The minimum absolute atomic E-state index is 0.0193. The van der Waals surface area contributed by atoms with Gasteiger partial charge in [-0.2, -0.15) is 0 Å². The van der Waals surface area contributed by atoms with Crippen molar-refractivity contribution in [1.29, 1.82) is 0 Å². The summed E-state index contributed by atoms with van der Waals surface area (Å²) in [4.78, 5) is 21.6. The van der Waals surface area contributed by atoms with E-state index < -0.39 is 5.97 Å². The normalized spacial score (nSPS) is 9.50. The number of esters is 1. The van der Waals surface area contributed by atoms with Crippen molar-refractivity contribution >= 4 is 11.8 Å². The average molecular weight is 174 g/mol. The van der Waals surface area contributed by atoms with E-state index in [-0.39, 0.29) is 25.2 Å². The molecule has 0 saturated heterocycles. The van der Waals surface area contributed by atoms with E-state index >= 15 is 0 Å². The molecule has 0 atom stereocenters. The standard InChI is InChI=1S/C8H14O4/c1-2-12-8(11)6-7(10)4-3-5-9/h9H,2-6H2,1H3. The first kappa shape index (κ1) is 11.1. The Morgan fingerprint density at radius 3 is 2.58 bits per heavy atom. The van der Waals surface area contributed by atoms with Crippen LogP contribution in [0, 0.1) is 0 Å². The summed E-state index contributed by atoms with van der Waals surface area (Å²) in [7, 11) is 0. The van der Waals surface area contributed by atoms with E-state index in [0.29, 0.717) is 13.0 Å². The quantitative estimate of drug-likeness (QED) is 0.464. The van der Waals surface area contributed by atoms with Crippen molar-refractivity contribution in [2.75, 3.05) is 13.2 Å². The van der Waals surface area contributed by atoms with Crippen LogP contribution in [0.15, 0.2) is 0 Å². The van der Waals surface area contributed by atoms with Gasteiger partial charge in [-0.3, -0.25) is 9.59 Å². The number of hydrogen-bond acceptors (Lipinski definition) is 4. The summed E-state index contributed by atoms with van der Waals surface area (Å²) in [6.45, 7) is 1.97. The first-order valence-corrected chi connectivity index (χ1v) is 3.99. The predicted octanol–water partition coefficient (Wildman–Crippen LogP) is 0.281. The molecular formula is C8H14O4. The number of carbonyl (C=O) groups is 2. The lowest BCUT2D eigenvalue weighted by atomic mass is 10.2. The van der Waals surface area contributed by atoms with E-state index in [1.807, 2.05) is 0 Å². The van der Waals surface area contributed by atoms with Crippen LogP contribution in [0.5, 0.6) is 0 Å². The molecule has 0 amide bonds. The van der Waals surface area contributed by atoms with Crippen molar-refractivity contribution in [2.24, 2.45) is 0 Å². The summed E-state index contributed by atoms with van der Waals surface area (Å²) in [6, 6.07) is 0. The average Bonchev–Trinajstić information content (AvgIpc) is 2.01. The summed E-state index contributed by atoms with van der Waals surface area (Å²) in [5, 5.41) is 8.38. The first-order chi connectivity index (χ1) is 5.70. The molecule has 0 spiro atoms. The third-order valence-electron chi connectivity index (χ3n) is 1.26. The molecule has 4 heteroatoms. The molecule has 0 aromatic rings. The number of Topliss-reactive ketones (excluding diaryl/α,β-unsaturated/α-hetero) is 1. The van der Waals surface area contributed by atoms with Gasteiger partial charge in [0.2, 0.25) is 0 Å². The number of rotatable bonds is 6. The highest BCUT2D eigenvalue weighted by Gasteiger charge is 2.08. The van der Waals surface area contributed by atoms with E-state index in [1.165, 1.54) is 0 Å². The van der Waals surface area contributed by atoms with Gasteiger partial charge in [-0.1, -0.05) is 0 Å². The molecule has 1 N–H and O–H groups in total. The second kappa shape index (κ2) is 6.79. The van der Waals surface area contributed by atoms with Crippen LogP contribution in [0.25, 0.3) is 0 Å². The molecule has 12 heavy (non-hydrogen) atoms. The molecular weight excluding hydrogens is 160 g/mol. The Morgan fingerprint density at radius 1 is 1.42 bits per heavy atom. The Morgan fingerprint density at radius 2 is 2.08 bits per heavy atom. The zero-order valence-corrected chi connectivity index (χ0v) is 7.21. The molecule has 0 saturated carbocycles. The Labute approximate surface area is 71.5 Å². The summed E-state index contributed by atoms with van der Waals surface area (Å²) in [6.07, 6.45) is 0.487. The number of ketones is 1. The van der Waals surface area contributed by atoms with E-state index in [4.69, 9.17) is 5.11 Å². The second-order valence-electron chi connectivity index (χ2n) is 2.35. The van der Waals surface area contributed by atoms with Gasteiger partial charge in [-0.25, -0.2) is 0 Å². The minimum Gasteiger partial charge on any atom is -0.466 e. The summed E-state index contributed by atoms with van der Waals surface area (Å²) in [5.41, 5.74) is 0. The van der Waals surface area contributed by atoms with Crippen molar-refractivity contribution in [3.63, 3.8) is 0 Å². The van der Waals surface area contributed by atoms with Gasteiger partial charge >= 0.3 is 5.97 Å². The first-order valence-electron chi connectivity index (χ1n) is 3.99. The van der Waals surface area contributed by atoms with Gasteiger partial charge in [0, 0.05) is 13.0 Å². The number of aliphatic hydroxyl groups excluding tert-OH is 1. The maximum Gasteiger partial charge on any atom is 0.313 e. The van der Waals surface area contributed by atoms with Crippen molar-refractivity contribution in [3.05, 3.63) is 0 Å². The molecule has 0 fully saturated rings. The molecule has 0 bridgehead atoms. The van der Waals surface area contributed by atoms with Crippen molar-refractivity contribution < 1.29 is 19.4 Å². The smallest absolute Gasteiger partial charge is 0.313 e. The molecule has 0 aliphatic heterocycles.